The van der Waals surface area contributed by atoms with E-state index in [-0.39, 0.29) is 41.6 Å². The molecule has 1 aliphatic heterocycles. The summed E-state index contributed by atoms with van der Waals surface area (Å²) >= 11 is 0. The fourth-order valence-corrected chi connectivity index (χ4v) is 3.25. The van der Waals surface area contributed by atoms with Gasteiger partial charge in [-0.3, -0.25) is 19.3 Å². The molecular formula is C24H26N2O6. The van der Waals surface area contributed by atoms with Gasteiger partial charge in [0, 0.05) is 6.04 Å². The van der Waals surface area contributed by atoms with Crippen molar-refractivity contribution in [2.24, 2.45) is 5.92 Å². The zero-order valence-electron chi connectivity index (χ0n) is 18.5. The Morgan fingerprint density at radius 1 is 1.00 bits per heavy atom. The molecule has 1 N–H and O–H groups in total. The topological polar surface area (TPSA) is 102 Å². The summed E-state index contributed by atoms with van der Waals surface area (Å²) in [4.78, 5) is 51.0. The number of esters is 1. The van der Waals surface area contributed by atoms with Gasteiger partial charge < -0.3 is 14.8 Å². The van der Waals surface area contributed by atoms with E-state index in [1.54, 1.807) is 36.4 Å². The van der Waals surface area contributed by atoms with Crippen LogP contribution in [0.3, 0.4) is 0 Å². The number of imide groups is 1. The number of carbonyl (C=O) groups is 4. The predicted molar refractivity (Wildman–Crippen MR) is 116 cm³/mol. The van der Waals surface area contributed by atoms with Crippen LogP contribution in [-0.2, 0) is 16.1 Å². The van der Waals surface area contributed by atoms with Crippen LogP contribution in [0.1, 0.15) is 57.4 Å². The quantitative estimate of drug-likeness (QED) is 0.502. The summed E-state index contributed by atoms with van der Waals surface area (Å²) in [7, 11) is 1.41. The largest absolute Gasteiger partial charge is 0.496 e. The standard InChI is InChI=1S/C24H26N2O6/c1-14(2)15(3)25-21(27)13-32-24(30)19-11-16(9-10-20(19)31-4)12-26-22(28)17-7-5-6-8-18(17)23(26)29/h5-11,14-15H,12-13H2,1-4H3,(H,25,27). The SMILES string of the molecule is COc1ccc(CN2C(=O)c3ccccc3C2=O)cc1C(=O)OCC(=O)NC(C)C(C)C. The molecule has 0 fully saturated rings. The Morgan fingerprint density at radius 3 is 2.19 bits per heavy atom. The van der Waals surface area contributed by atoms with Gasteiger partial charge in [-0.15, -0.1) is 0 Å². The Hall–Kier alpha value is -3.68. The van der Waals surface area contributed by atoms with Crippen molar-refractivity contribution in [3.63, 3.8) is 0 Å². The molecule has 1 aliphatic rings. The van der Waals surface area contributed by atoms with Crippen LogP contribution >= 0.6 is 0 Å². The average molecular weight is 438 g/mol. The molecular weight excluding hydrogens is 412 g/mol. The molecule has 168 valence electrons. The van der Waals surface area contributed by atoms with Gasteiger partial charge in [0.05, 0.1) is 24.8 Å². The second-order valence-corrected chi connectivity index (χ2v) is 7.95. The number of carbonyl (C=O) groups excluding carboxylic acids is 4. The van der Waals surface area contributed by atoms with Gasteiger partial charge in [-0.05, 0) is 42.7 Å². The lowest BCUT2D eigenvalue weighted by Crippen LogP contribution is -2.38. The highest BCUT2D eigenvalue weighted by atomic mass is 16.5. The molecule has 8 heteroatoms. The number of nitrogens with zero attached hydrogens (tertiary/aromatic N) is 1. The maximum Gasteiger partial charge on any atom is 0.342 e. The molecule has 3 amide bonds. The molecule has 32 heavy (non-hydrogen) atoms. The predicted octanol–water partition coefficient (Wildman–Crippen LogP) is 2.81. The molecule has 0 saturated carbocycles. The zero-order chi connectivity index (χ0) is 23.4. The number of hydrogen-bond donors (Lipinski definition) is 1. The third-order valence-electron chi connectivity index (χ3n) is 5.43. The van der Waals surface area contributed by atoms with E-state index in [1.807, 2.05) is 20.8 Å². The number of benzene rings is 2. The molecule has 1 atom stereocenters. The van der Waals surface area contributed by atoms with E-state index in [2.05, 4.69) is 5.32 Å². The number of ether oxygens (including phenoxy) is 2. The maximum absolute atomic E-state index is 12.6. The van der Waals surface area contributed by atoms with E-state index in [4.69, 9.17) is 9.47 Å². The number of fused-ring (bicyclic) bond motifs is 1. The Labute approximate surface area is 186 Å². The lowest BCUT2D eigenvalue weighted by Gasteiger charge is -2.18. The monoisotopic (exact) mass is 438 g/mol. The molecule has 3 rings (SSSR count). The van der Waals surface area contributed by atoms with Crippen LogP contribution in [0, 0.1) is 5.92 Å². The van der Waals surface area contributed by atoms with Crippen LogP contribution in [0.2, 0.25) is 0 Å². The van der Waals surface area contributed by atoms with E-state index in [0.29, 0.717) is 16.7 Å². The van der Waals surface area contributed by atoms with Crippen LogP contribution in [0.25, 0.3) is 0 Å². The van der Waals surface area contributed by atoms with E-state index < -0.39 is 18.5 Å². The number of nitrogens with one attached hydrogen (secondary N) is 1. The third kappa shape index (κ3) is 4.80. The first kappa shape index (κ1) is 23.0. The molecule has 0 radical (unpaired) electrons. The van der Waals surface area contributed by atoms with Gasteiger partial charge >= 0.3 is 5.97 Å². The summed E-state index contributed by atoms with van der Waals surface area (Å²) in [5.41, 5.74) is 1.36. The molecule has 1 unspecified atom stereocenters. The minimum absolute atomic E-state index is 0.0109. The van der Waals surface area contributed by atoms with E-state index >= 15 is 0 Å². The first-order valence-corrected chi connectivity index (χ1v) is 10.3. The molecule has 8 nitrogen and oxygen atoms in total. The summed E-state index contributed by atoms with van der Waals surface area (Å²) in [6.45, 7) is 5.38. The van der Waals surface area contributed by atoms with Crippen LogP contribution < -0.4 is 10.1 Å². The van der Waals surface area contributed by atoms with Crippen molar-refractivity contribution in [1.82, 2.24) is 10.2 Å². The van der Waals surface area contributed by atoms with Gasteiger partial charge in [0.2, 0.25) is 0 Å². The van der Waals surface area contributed by atoms with Crippen molar-refractivity contribution in [1.29, 1.82) is 0 Å². The second-order valence-electron chi connectivity index (χ2n) is 7.95. The van der Waals surface area contributed by atoms with Crippen LogP contribution in [-0.4, -0.2) is 48.3 Å². The summed E-state index contributed by atoms with van der Waals surface area (Å²) in [5.74, 6) is -1.41. The summed E-state index contributed by atoms with van der Waals surface area (Å²) in [5, 5.41) is 2.76. The van der Waals surface area contributed by atoms with Gasteiger partial charge in [-0.2, -0.15) is 0 Å². The van der Waals surface area contributed by atoms with Crippen LogP contribution in [0.15, 0.2) is 42.5 Å². The van der Waals surface area contributed by atoms with E-state index in [1.165, 1.54) is 13.2 Å². The fraction of sp³-hybridized carbons (Fsp3) is 0.333. The molecule has 2 aromatic rings. The first-order chi connectivity index (χ1) is 15.2. The lowest BCUT2D eigenvalue weighted by atomic mass is 10.1. The second kappa shape index (κ2) is 9.64. The molecule has 0 aliphatic carbocycles. The lowest BCUT2D eigenvalue weighted by molar-refractivity contribution is -0.125. The summed E-state index contributed by atoms with van der Waals surface area (Å²) in [6, 6.07) is 11.3. The highest BCUT2D eigenvalue weighted by Gasteiger charge is 2.35. The highest BCUT2D eigenvalue weighted by molar-refractivity contribution is 6.21. The maximum atomic E-state index is 12.6. The van der Waals surface area contributed by atoms with Crippen molar-refractivity contribution in [2.75, 3.05) is 13.7 Å². The normalized spacial score (nSPS) is 13.7. The average Bonchev–Trinajstić information content (AvgIpc) is 3.02. The van der Waals surface area contributed by atoms with Gasteiger partial charge in [0.25, 0.3) is 17.7 Å². The number of hydrogen-bond acceptors (Lipinski definition) is 6. The summed E-state index contributed by atoms with van der Waals surface area (Å²) < 4.78 is 10.4. The van der Waals surface area contributed by atoms with Crippen LogP contribution in [0.4, 0.5) is 0 Å². The van der Waals surface area contributed by atoms with Crippen molar-refractivity contribution >= 4 is 23.7 Å². The number of rotatable bonds is 8. The van der Waals surface area contributed by atoms with Gasteiger partial charge in [0.1, 0.15) is 11.3 Å². The molecule has 1 heterocycles. The first-order valence-electron chi connectivity index (χ1n) is 10.3. The Bertz CT molecular complexity index is 1030. The van der Waals surface area contributed by atoms with Crippen LogP contribution in [0.5, 0.6) is 5.75 Å². The Morgan fingerprint density at radius 2 is 1.62 bits per heavy atom. The third-order valence-corrected chi connectivity index (χ3v) is 5.43. The highest BCUT2D eigenvalue weighted by Crippen LogP contribution is 2.26. The molecule has 0 spiro atoms. The minimum Gasteiger partial charge on any atom is -0.496 e. The summed E-state index contributed by atoms with van der Waals surface area (Å²) in [6.07, 6.45) is 0. The molecule has 0 saturated heterocycles. The molecule has 0 bridgehead atoms. The van der Waals surface area contributed by atoms with Gasteiger partial charge in [-0.25, -0.2) is 4.79 Å². The van der Waals surface area contributed by atoms with Crippen molar-refractivity contribution in [3.05, 3.63) is 64.7 Å². The molecule has 0 aromatic heterocycles. The zero-order valence-corrected chi connectivity index (χ0v) is 18.5. The Kier molecular flexibility index (Phi) is 6.92. The van der Waals surface area contributed by atoms with E-state index in [0.717, 1.165) is 4.90 Å². The van der Waals surface area contributed by atoms with Crippen molar-refractivity contribution < 1.29 is 28.7 Å². The smallest absolute Gasteiger partial charge is 0.342 e. The number of amides is 3. The van der Waals surface area contributed by atoms with Gasteiger partial charge in [-0.1, -0.05) is 32.0 Å². The number of methoxy groups -OCH3 is 1. The Balaban J connectivity index is 1.72. The van der Waals surface area contributed by atoms with Crippen molar-refractivity contribution in [2.45, 2.75) is 33.4 Å². The fourth-order valence-electron chi connectivity index (χ4n) is 3.25. The van der Waals surface area contributed by atoms with Crippen molar-refractivity contribution in [3.8, 4) is 5.75 Å². The minimum atomic E-state index is -0.738. The van der Waals surface area contributed by atoms with Gasteiger partial charge in [0.15, 0.2) is 6.61 Å². The van der Waals surface area contributed by atoms with E-state index in [9.17, 15) is 19.2 Å². The molecule has 2 aromatic carbocycles.